The Hall–Kier alpha value is -0.970. The summed E-state index contributed by atoms with van der Waals surface area (Å²) < 4.78 is 30.0. The minimum atomic E-state index is -0.796. The minimum Gasteiger partial charge on any atom is -0.461 e. The molecule has 0 saturated carbocycles. The Bertz CT molecular complexity index is 394. The highest BCUT2D eigenvalue weighted by atomic mass is 79.9. The third kappa shape index (κ3) is 4.07. The molecule has 1 aromatic carbocycles. The van der Waals surface area contributed by atoms with Crippen molar-refractivity contribution in [1.29, 1.82) is 0 Å². The van der Waals surface area contributed by atoms with Crippen molar-refractivity contribution in [2.45, 2.75) is 25.1 Å². The van der Waals surface area contributed by atoms with Gasteiger partial charge in [-0.3, -0.25) is 0 Å². The largest absolute Gasteiger partial charge is 0.461 e. The molecule has 17 heavy (non-hydrogen) atoms. The fourth-order valence-electron chi connectivity index (χ4n) is 1.28. The van der Waals surface area contributed by atoms with Gasteiger partial charge in [0.25, 0.3) is 0 Å². The predicted octanol–water partition coefficient (Wildman–Crippen LogP) is 3.57. The topological polar surface area (TPSA) is 26.3 Å². The van der Waals surface area contributed by atoms with Crippen molar-refractivity contribution in [3.63, 3.8) is 0 Å². The van der Waals surface area contributed by atoms with Crippen molar-refractivity contribution in [1.82, 2.24) is 0 Å². The molecule has 0 amide bonds. The number of ether oxygens (including phenoxy) is 1. The maximum absolute atomic E-state index is 12.6. The van der Waals surface area contributed by atoms with Gasteiger partial charge in [0.2, 0.25) is 0 Å². The molecule has 0 aromatic heterocycles. The van der Waals surface area contributed by atoms with Gasteiger partial charge in [-0.25, -0.2) is 13.6 Å². The van der Waals surface area contributed by atoms with Crippen molar-refractivity contribution in [3.8, 4) is 0 Å². The van der Waals surface area contributed by atoms with E-state index in [1.165, 1.54) is 18.2 Å². The number of benzene rings is 1. The van der Waals surface area contributed by atoms with Crippen LogP contribution in [0.3, 0.4) is 0 Å². The summed E-state index contributed by atoms with van der Waals surface area (Å²) in [5, 5.41) is 0. The first-order valence-electron chi connectivity index (χ1n) is 5.13. The molecule has 2 nitrogen and oxygen atoms in total. The number of halogens is 3. The van der Waals surface area contributed by atoms with Crippen molar-refractivity contribution < 1.29 is 18.3 Å². The molecule has 0 heterocycles. The lowest BCUT2D eigenvalue weighted by atomic mass is 10.1. The lowest BCUT2D eigenvalue weighted by molar-refractivity contribution is 0.0511. The Labute approximate surface area is 107 Å². The number of rotatable bonds is 5. The molecule has 1 atom stereocenters. The van der Waals surface area contributed by atoms with Crippen LogP contribution in [-0.2, 0) is 18.1 Å². The van der Waals surface area contributed by atoms with E-state index < -0.39 is 19.3 Å². The van der Waals surface area contributed by atoms with E-state index in [0.29, 0.717) is 0 Å². The van der Waals surface area contributed by atoms with Crippen LogP contribution in [-0.4, -0.2) is 17.4 Å². The number of hydrogen-bond acceptors (Lipinski definition) is 2. The molecule has 1 rings (SSSR count). The van der Waals surface area contributed by atoms with E-state index in [1.807, 2.05) is 6.92 Å². The smallest absolute Gasteiger partial charge is 0.338 e. The van der Waals surface area contributed by atoms with E-state index in [-0.39, 0.29) is 28.1 Å². The van der Waals surface area contributed by atoms with Crippen LogP contribution in [0.25, 0.3) is 0 Å². The summed E-state index contributed by atoms with van der Waals surface area (Å²) in [5.74, 6) is -0.531. The van der Waals surface area contributed by atoms with E-state index in [9.17, 15) is 13.6 Å². The molecule has 0 aliphatic heterocycles. The molecule has 0 aliphatic carbocycles. The fraction of sp³-hybridized carbons (Fsp3) is 0.417. The lowest BCUT2D eigenvalue weighted by Crippen LogP contribution is -2.12. The third-order valence-corrected chi connectivity index (χ3v) is 2.44. The molecule has 0 spiro atoms. The number of hydrogen-bond donors (Lipinski definition) is 0. The van der Waals surface area contributed by atoms with E-state index >= 15 is 0 Å². The minimum absolute atomic E-state index is 0.0530. The van der Waals surface area contributed by atoms with E-state index in [4.69, 9.17) is 4.74 Å². The van der Waals surface area contributed by atoms with E-state index in [1.54, 1.807) is 0 Å². The van der Waals surface area contributed by atoms with Crippen LogP contribution in [0, 0.1) is 0 Å². The highest BCUT2D eigenvalue weighted by molar-refractivity contribution is 9.09. The molecule has 0 saturated heterocycles. The van der Waals surface area contributed by atoms with Crippen LogP contribution >= 0.6 is 15.9 Å². The zero-order chi connectivity index (χ0) is 12.8. The second kappa shape index (κ2) is 6.69. The third-order valence-electron chi connectivity index (χ3n) is 2.17. The Morgan fingerprint density at radius 3 is 2.53 bits per heavy atom. The molecule has 5 heteroatoms. The zero-order valence-corrected chi connectivity index (χ0v) is 11.0. The van der Waals surface area contributed by atoms with Crippen LogP contribution in [0.2, 0.25) is 0 Å². The van der Waals surface area contributed by atoms with Gasteiger partial charge in [0.15, 0.2) is 0 Å². The summed E-state index contributed by atoms with van der Waals surface area (Å²) in [4.78, 5) is 11.6. The maximum Gasteiger partial charge on any atom is 0.338 e. The van der Waals surface area contributed by atoms with Crippen LogP contribution < -0.4 is 0 Å². The van der Waals surface area contributed by atoms with Crippen LogP contribution in [0.5, 0.6) is 0 Å². The first kappa shape index (κ1) is 14.1. The number of carbonyl (C=O) groups is 1. The SMILES string of the molecule is CC(Br)COC(=O)c1ccc(CF)c(CF)c1. The second-order valence-corrected chi connectivity index (χ2v) is 5.19. The van der Waals surface area contributed by atoms with Crippen LogP contribution in [0.15, 0.2) is 18.2 Å². The second-order valence-electron chi connectivity index (χ2n) is 3.63. The van der Waals surface area contributed by atoms with Crippen molar-refractivity contribution in [2.24, 2.45) is 0 Å². The Morgan fingerprint density at radius 1 is 1.35 bits per heavy atom. The summed E-state index contributed by atoms with van der Waals surface area (Å²) >= 11 is 3.24. The van der Waals surface area contributed by atoms with Gasteiger partial charge in [-0.15, -0.1) is 0 Å². The molecule has 1 aromatic rings. The molecule has 1 unspecified atom stereocenters. The summed E-state index contributed by atoms with van der Waals surface area (Å²) in [6.45, 7) is 0.531. The van der Waals surface area contributed by atoms with Gasteiger partial charge in [0.1, 0.15) is 20.0 Å². The summed E-state index contributed by atoms with van der Waals surface area (Å²) in [7, 11) is 0. The Balaban J connectivity index is 2.81. The van der Waals surface area contributed by atoms with Crippen molar-refractivity contribution >= 4 is 21.9 Å². The molecular formula is C12H13BrF2O2. The molecule has 94 valence electrons. The first-order valence-corrected chi connectivity index (χ1v) is 6.05. The van der Waals surface area contributed by atoms with Crippen molar-refractivity contribution in [2.75, 3.05) is 6.61 Å². The number of carbonyl (C=O) groups excluding carboxylic acids is 1. The quantitative estimate of drug-likeness (QED) is 0.614. The lowest BCUT2D eigenvalue weighted by Gasteiger charge is -2.08. The fourth-order valence-corrected chi connectivity index (χ4v) is 1.41. The van der Waals surface area contributed by atoms with Gasteiger partial charge in [0.05, 0.1) is 5.56 Å². The monoisotopic (exact) mass is 306 g/mol. The summed E-state index contributed by atoms with van der Waals surface area (Å²) in [6, 6.07) is 4.18. The van der Waals surface area contributed by atoms with E-state index in [2.05, 4.69) is 15.9 Å². The van der Waals surface area contributed by atoms with Crippen LogP contribution in [0.1, 0.15) is 28.4 Å². The predicted molar refractivity (Wildman–Crippen MR) is 64.7 cm³/mol. The summed E-state index contributed by atoms with van der Waals surface area (Å²) in [6.07, 6.45) is 0. The average Bonchev–Trinajstić information content (AvgIpc) is 2.34. The normalized spacial score (nSPS) is 12.2. The van der Waals surface area contributed by atoms with E-state index in [0.717, 1.165) is 0 Å². The molecule has 0 fully saturated rings. The highest BCUT2D eigenvalue weighted by Gasteiger charge is 2.11. The molecule has 0 radical (unpaired) electrons. The molecule has 0 aliphatic rings. The first-order chi connectivity index (χ1) is 8.08. The zero-order valence-electron chi connectivity index (χ0n) is 9.38. The van der Waals surface area contributed by atoms with Crippen LogP contribution in [0.4, 0.5) is 8.78 Å². The molecule has 0 bridgehead atoms. The van der Waals surface area contributed by atoms with Gasteiger partial charge in [-0.1, -0.05) is 22.0 Å². The van der Waals surface area contributed by atoms with Gasteiger partial charge < -0.3 is 4.74 Å². The molecule has 0 N–H and O–H groups in total. The molecular weight excluding hydrogens is 294 g/mol. The number of esters is 1. The standard InChI is InChI=1S/C12H13BrF2O2/c1-8(13)7-17-12(16)9-2-3-10(5-14)11(4-9)6-15/h2-4,8H,5-7H2,1H3. The van der Waals surface area contributed by atoms with Gasteiger partial charge in [-0.05, 0) is 30.2 Å². The average molecular weight is 307 g/mol. The van der Waals surface area contributed by atoms with Gasteiger partial charge in [-0.2, -0.15) is 0 Å². The van der Waals surface area contributed by atoms with Gasteiger partial charge >= 0.3 is 5.97 Å². The Morgan fingerprint density at radius 2 is 2.00 bits per heavy atom. The highest BCUT2D eigenvalue weighted by Crippen LogP contribution is 2.16. The van der Waals surface area contributed by atoms with Crippen molar-refractivity contribution in [3.05, 3.63) is 34.9 Å². The summed E-state index contributed by atoms with van der Waals surface area (Å²) in [5.41, 5.74) is 0.690. The van der Waals surface area contributed by atoms with Gasteiger partial charge in [0, 0.05) is 4.83 Å². The number of alkyl halides is 3. The maximum atomic E-state index is 12.6. The Kier molecular flexibility index (Phi) is 5.55.